The van der Waals surface area contributed by atoms with Crippen LogP contribution in [0.2, 0.25) is 10.0 Å². The van der Waals surface area contributed by atoms with Crippen LogP contribution in [0.3, 0.4) is 0 Å². The first-order valence-electron chi connectivity index (χ1n) is 9.14. The Kier molecular flexibility index (Phi) is 6.88. The molecule has 6 nitrogen and oxygen atoms in total. The van der Waals surface area contributed by atoms with E-state index in [2.05, 4.69) is 10.6 Å². The second kappa shape index (κ2) is 9.28. The number of aryl methyl sites for hydroxylation is 1. The van der Waals surface area contributed by atoms with E-state index in [1.54, 1.807) is 25.1 Å². The Morgan fingerprint density at radius 2 is 1.62 bits per heavy atom. The molecule has 32 heavy (non-hydrogen) atoms. The number of hydrogen-bond acceptors (Lipinski definition) is 4. The van der Waals surface area contributed by atoms with Crippen LogP contribution < -0.4 is 10.6 Å². The molecular weight excluding hydrogens is 478 g/mol. The van der Waals surface area contributed by atoms with Gasteiger partial charge in [0, 0.05) is 23.2 Å². The number of carbonyl (C=O) groups is 2. The van der Waals surface area contributed by atoms with Crippen molar-refractivity contribution in [3.05, 3.63) is 87.2 Å². The lowest BCUT2D eigenvalue weighted by Gasteiger charge is -2.12. The van der Waals surface area contributed by atoms with Crippen molar-refractivity contribution in [2.24, 2.45) is 0 Å². The van der Waals surface area contributed by atoms with Crippen molar-refractivity contribution < 1.29 is 22.4 Å². The summed E-state index contributed by atoms with van der Waals surface area (Å²) in [6.07, 6.45) is 1.06. The van der Waals surface area contributed by atoms with Crippen molar-refractivity contribution >= 4 is 56.2 Å². The summed E-state index contributed by atoms with van der Waals surface area (Å²) in [5.74, 6) is -1.88. The van der Waals surface area contributed by atoms with Crippen LogP contribution >= 0.6 is 23.2 Å². The van der Waals surface area contributed by atoms with E-state index in [0.717, 1.165) is 18.4 Å². The second-order valence-corrected chi connectivity index (χ2v) is 9.81. The van der Waals surface area contributed by atoms with Crippen molar-refractivity contribution in [1.29, 1.82) is 0 Å². The van der Waals surface area contributed by atoms with Crippen LogP contribution in [0.25, 0.3) is 0 Å². The molecule has 3 aromatic rings. The normalized spacial score (nSPS) is 11.2. The molecule has 2 N–H and O–H groups in total. The number of carbonyl (C=O) groups excluding carboxylic acids is 2. The minimum Gasteiger partial charge on any atom is -0.322 e. The van der Waals surface area contributed by atoms with Crippen LogP contribution in [0, 0.1) is 12.7 Å². The van der Waals surface area contributed by atoms with Gasteiger partial charge in [0.15, 0.2) is 9.84 Å². The van der Waals surface area contributed by atoms with Crippen molar-refractivity contribution in [2.45, 2.75) is 11.8 Å². The maximum absolute atomic E-state index is 13.7. The first-order chi connectivity index (χ1) is 15.0. The van der Waals surface area contributed by atoms with E-state index in [1.807, 2.05) is 0 Å². The van der Waals surface area contributed by atoms with Gasteiger partial charge in [0.1, 0.15) is 5.82 Å². The number of rotatable bonds is 5. The molecule has 0 aliphatic carbocycles. The average molecular weight is 495 g/mol. The predicted octanol–water partition coefficient (Wildman–Crippen LogP) is 5.35. The van der Waals surface area contributed by atoms with Crippen LogP contribution in [-0.2, 0) is 9.84 Å². The summed E-state index contributed by atoms with van der Waals surface area (Å²) in [4.78, 5) is 25.0. The predicted molar refractivity (Wildman–Crippen MR) is 123 cm³/mol. The van der Waals surface area contributed by atoms with Crippen molar-refractivity contribution in [2.75, 3.05) is 16.9 Å². The van der Waals surface area contributed by atoms with Crippen LogP contribution in [0.5, 0.6) is 0 Å². The third kappa shape index (κ3) is 5.45. The minimum atomic E-state index is -3.45. The van der Waals surface area contributed by atoms with E-state index in [9.17, 15) is 22.4 Å². The highest BCUT2D eigenvalue weighted by molar-refractivity contribution is 7.90. The smallest absolute Gasteiger partial charge is 0.257 e. The van der Waals surface area contributed by atoms with Gasteiger partial charge < -0.3 is 10.6 Å². The summed E-state index contributed by atoms with van der Waals surface area (Å²) in [6.45, 7) is 1.72. The van der Waals surface area contributed by atoms with Gasteiger partial charge in [-0.1, -0.05) is 29.3 Å². The second-order valence-electron chi connectivity index (χ2n) is 6.98. The van der Waals surface area contributed by atoms with Crippen LogP contribution in [0.15, 0.2) is 59.5 Å². The molecule has 0 aliphatic rings. The molecule has 0 bridgehead atoms. The maximum Gasteiger partial charge on any atom is 0.257 e. The SMILES string of the molecule is Cc1cc(NC(=O)c2cc(F)c(Cl)cc2Cl)ccc1NC(=O)c1cccc(S(C)(=O)=O)c1. The monoisotopic (exact) mass is 494 g/mol. The van der Waals surface area contributed by atoms with Gasteiger partial charge in [-0.25, -0.2) is 12.8 Å². The zero-order valence-electron chi connectivity index (χ0n) is 16.9. The third-order valence-electron chi connectivity index (χ3n) is 4.51. The molecule has 0 heterocycles. The fourth-order valence-corrected chi connectivity index (χ4v) is 3.97. The molecule has 0 radical (unpaired) electrons. The summed E-state index contributed by atoms with van der Waals surface area (Å²) in [5, 5.41) is 5.13. The lowest BCUT2D eigenvalue weighted by Crippen LogP contribution is -2.15. The first-order valence-corrected chi connectivity index (χ1v) is 11.8. The van der Waals surface area contributed by atoms with Crippen LogP contribution in [-0.4, -0.2) is 26.5 Å². The van der Waals surface area contributed by atoms with Crippen molar-refractivity contribution in [1.82, 2.24) is 0 Å². The average Bonchev–Trinajstić information content (AvgIpc) is 2.72. The molecule has 0 spiro atoms. The summed E-state index contributed by atoms with van der Waals surface area (Å²) in [5.41, 5.74) is 1.60. The number of amides is 2. The third-order valence-corrected chi connectivity index (χ3v) is 6.22. The van der Waals surface area contributed by atoms with Crippen LogP contribution in [0.4, 0.5) is 15.8 Å². The molecule has 2 amide bonds. The molecule has 0 aromatic heterocycles. The Morgan fingerprint density at radius 1 is 0.906 bits per heavy atom. The van der Waals surface area contributed by atoms with Gasteiger partial charge in [0.2, 0.25) is 0 Å². The molecular formula is C22H17Cl2FN2O4S. The van der Waals surface area contributed by atoms with Gasteiger partial charge in [-0.05, 0) is 61.0 Å². The highest BCUT2D eigenvalue weighted by Gasteiger charge is 2.16. The Morgan fingerprint density at radius 3 is 2.28 bits per heavy atom. The summed E-state index contributed by atoms with van der Waals surface area (Å²) in [6, 6.07) is 12.5. The molecule has 0 aliphatic heterocycles. The summed E-state index contributed by atoms with van der Waals surface area (Å²) < 4.78 is 37.1. The molecule has 0 saturated heterocycles. The Balaban J connectivity index is 1.76. The zero-order valence-corrected chi connectivity index (χ0v) is 19.2. The fraction of sp³-hybridized carbons (Fsp3) is 0.0909. The van der Waals surface area contributed by atoms with Gasteiger partial charge in [-0.2, -0.15) is 0 Å². The van der Waals surface area contributed by atoms with E-state index in [-0.39, 0.29) is 26.1 Å². The number of anilines is 2. The quantitative estimate of drug-likeness (QED) is 0.467. The molecule has 166 valence electrons. The van der Waals surface area contributed by atoms with Gasteiger partial charge in [-0.3, -0.25) is 9.59 Å². The number of nitrogens with one attached hydrogen (secondary N) is 2. The number of halogens is 3. The number of benzene rings is 3. The van der Waals surface area contributed by atoms with E-state index < -0.39 is 27.5 Å². The van der Waals surface area contributed by atoms with Crippen molar-refractivity contribution in [3.8, 4) is 0 Å². The molecule has 0 fully saturated rings. The van der Waals surface area contributed by atoms with Gasteiger partial charge in [-0.15, -0.1) is 0 Å². The standard InChI is InChI=1S/C22H17Cl2FN2O4S/c1-12-8-14(26-22(29)16-10-19(25)18(24)11-17(16)23)6-7-20(12)27-21(28)13-4-3-5-15(9-13)32(2,30)31/h3-11H,1-2H3,(H,26,29)(H,27,28). The van der Waals surface area contributed by atoms with E-state index in [1.165, 1.54) is 24.3 Å². The Hall–Kier alpha value is -2.94. The highest BCUT2D eigenvalue weighted by atomic mass is 35.5. The fourth-order valence-electron chi connectivity index (χ4n) is 2.84. The van der Waals surface area contributed by atoms with Gasteiger partial charge >= 0.3 is 0 Å². The zero-order chi connectivity index (χ0) is 23.6. The molecule has 0 unspecified atom stereocenters. The molecule has 0 saturated carbocycles. The largest absolute Gasteiger partial charge is 0.322 e. The molecule has 3 rings (SSSR count). The van der Waals surface area contributed by atoms with Crippen molar-refractivity contribution in [3.63, 3.8) is 0 Å². The molecule has 10 heteroatoms. The lowest BCUT2D eigenvalue weighted by molar-refractivity contribution is 0.101. The van der Waals surface area contributed by atoms with Gasteiger partial charge in [0.25, 0.3) is 11.8 Å². The summed E-state index contributed by atoms with van der Waals surface area (Å²) >= 11 is 11.6. The highest BCUT2D eigenvalue weighted by Crippen LogP contribution is 2.26. The van der Waals surface area contributed by atoms with E-state index in [0.29, 0.717) is 16.9 Å². The van der Waals surface area contributed by atoms with Crippen LogP contribution in [0.1, 0.15) is 26.3 Å². The topological polar surface area (TPSA) is 92.3 Å². The molecule has 0 atom stereocenters. The van der Waals surface area contributed by atoms with Gasteiger partial charge in [0.05, 0.1) is 20.5 Å². The maximum atomic E-state index is 13.7. The first kappa shape index (κ1) is 23.7. The lowest BCUT2D eigenvalue weighted by atomic mass is 10.1. The van der Waals surface area contributed by atoms with E-state index in [4.69, 9.17) is 23.2 Å². The number of sulfone groups is 1. The van der Waals surface area contributed by atoms with E-state index >= 15 is 0 Å². The summed E-state index contributed by atoms with van der Waals surface area (Å²) in [7, 11) is -3.45. The minimum absolute atomic E-state index is 0.00540. The molecule has 3 aromatic carbocycles. The Bertz CT molecular complexity index is 1340. The number of hydrogen-bond donors (Lipinski definition) is 2. The Labute approximate surface area is 194 Å².